The fourth-order valence-corrected chi connectivity index (χ4v) is 3.20. The zero-order valence-corrected chi connectivity index (χ0v) is 12.4. The Balaban J connectivity index is 1.65. The van der Waals surface area contributed by atoms with E-state index < -0.39 is 0 Å². The van der Waals surface area contributed by atoms with Gasteiger partial charge in [0, 0.05) is 25.0 Å². The standard InChI is InChI=1S/C18H22N2O/c1-20(13-10-14-8-11-19-12-9-14)17-7-6-15-4-2-3-5-16(15)18(17)21/h2-5,8-9,11-12,17-18,21H,6-7,10,13H2,1H3. The molecule has 0 saturated heterocycles. The monoisotopic (exact) mass is 282 g/mol. The Morgan fingerprint density at radius 3 is 2.76 bits per heavy atom. The molecule has 3 nitrogen and oxygen atoms in total. The van der Waals surface area contributed by atoms with Crippen molar-refractivity contribution in [3.63, 3.8) is 0 Å². The number of benzene rings is 1. The van der Waals surface area contributed by atoms with E-state index >= 15 is 0 Å². The van der Waals surface area contributed by atoms with Crippen LogP contribution < -0.4 is 0 Å². The number of likely N-dealkylation sites (N-methyl/N-ethyl adjacent to an activating group) is 1. The number of aliphatic hydroxyl groups is 1. The van der Waals surface area contributed by atoms with Gasteiger partial charge in [-0.3, -0.25) is 4.98 Å². The molecule has 0 amide bonds. The minimum atomic E-state index is -0.377. The highest BCUT2D eigenvalue weighted by Crippen LogP contribution is 2.32. The van der Waals surface area contributed by atoms with Gasteiger partial charge in [0.25, 0.3) is 0 Å². The van der Waals surface area contributed by atoms with Crippen molar-refractivity contribution in [2.45, 2.75) is 31.4 Å². The first-order valence-electron chi connectivity index (χ1n) is 7.60. The molecule has 21 heavy (non-hydrogen) atoms. The van der Waals surface area contributed by atoms with Gasteiger partial charge in [0.2, 0.25) is 0 Å². The number of aryl methyl sites for hydroxylation is 1. The number of rotatable bonds is 4. The van der Waals surface area contributed by atoms with Gasteiger partial charge in [-0.15, -0.1) is 0 Å². The van der Waals surface area contributed by atoms with Crippen LogP contribution in [0.1, 0.15) is 29.2 Å². The molecule has 0 aliphatic heterocycles. The summed E-state index contributed by atoms with van der Waals surface area (Å²) in [4.78, 5) is 6.34. The number of hydrogen-bond acceptors (Lipinski definition) is 3. The summed E-state index contributed by atoms with van der Waals surface area (Å²) in [5.74, 6) is 0. The van der Waals surface area contributed by atoms with Crippen LogP contribution >= 0.6 is 0 Å². The van der Waals surface area contributed by atoms with E-state index in [1.54, 1.807) is 0 Å². The lowest BCUT2D eigenvalue weighted by Gasteiger charge is -2.36. The number of aliphatic hydroxyl groups excluding tert-OH is 1. The second-order valence-corrected chi connectivity index (χ2v) is 5.84. The van der Waals surface area contributed by atoms with Crippen molar-refractivity contribution in [2.75, 3.05) is 13.6 Å². The Labute approximate surface area is 126 Å². The third-order valence-electron chi connectivity index (χ3n) is 4.52. The lowest BCUT2D eigenvalue weighted by molar-refractivity contribution is 0.0505. The van der Waals surface area contributed by atoms with Gasteiger partial charge in [0.1, 0.15) is 0 Å². The molecule has 2 atom stereocenters. The summed E-state index contributed by atoms with van der Waals surface area (Å²) in [5.41, 5.74) is 3.69. The van der Waals surface area contributed by atoms with E-state index in [0.29, 0.717) is 0 Å². The average molecular weight is 282 g/mol. The SMILES string of the molecule is CN(CCc1ccncc1)C1CCc2ccccc2C1O. The Kier molecular flexibility index (Phi) is 4.32. The molecule has 1 aliphatic rings. The highest BCUT2D eigenvalue weighted by atomic mass is 16.3. The molecule has 3 heteroatoms. The molecule has 1 heterocycles. The first-order chi connectivity index (χ1) is 10.3. The van der Waals surface area contributed by atoms with Gasteiger partial charge < -0.3 is 10.0 Å². The minimum absolute atomic E-state index is 0.210. The van der Waals surface area contributed by atoms with Crippen molar-refractivity contribution in [1.29, 1.82) is 0 Å². The third kappa shape index (κ3) is 3.14. The van der Waals surface area contributed by atoms with E-state index in [9.17, 15) is 5.11 Å². The Morgan fingerprint density at radius 2 is 1.95 bits per heavy atom. The topological polar surface area (TPSA) is 36.4 Å². The molecule has 1 aliphatic carbocycles. The van der Waals surface area contributed by atoms with E-state index in [1.807, 2.05) is 18.5 Å². The maximum Gasteiger partial charge on any atom is 0.0947 e. The average Bonchev–Trinajstić information content (AvgIpc) is 2.54. The fourth-order valence-electron chi connectivity index (χ4n) is 3.20. The summed E-state index contributed by atoms with van der Waals surface area (Å²) in [6, 6.07) is 12.6. The van der Waals surface area contributed by atoms with Crippen molar-refractivity contribution in [3.05, 3.63) is 65.5 Å². The molecule has 1 aromatic heterocycles. The smallest absolute Gasteiger partial charge is 0.0947 e. The van der Waals surface area contributed by atoms with Crippen LogP contribution in [0.4, 0.5) is 0 Å². The second-order valence-electron chi connectivity index (χ2n) is 5.84. The van der Waals surface area contributed by atoms with Crippen molar-refractivity contribution >= 4 is 0 Å². The number of fused-ring (bicyclic) bond motifs is 1. The van der Waals surface area contributed by atoms with Gasteiger partial charge in [0.15, 0.2) is 0 Å². The van der Waals surface area contributed by atoms with E-state index in [-0.39, 0.29) is 12.1 Å². The fraction of sp³-hybridized carbons (Fsp3) is 0.389. The Bertz CT molecular complexity index is 585. The number of aromatic nitrogens is 1. The van der Waals surface area contributed by atoms with E-state index in [0.717, 1.165) is 31.4 Å². The minimum Gasteiger partial charge on any atom is -0.387 e. The highest BCUT2D eigenvalue weighted by molar-refractivity contribution is 5.32. The predicted octanol–water partition coefficient (Wildman–Crippen LogP) is 2.60. The molecule has 3 rings (SSSR count). The summed E-state index contributed by atoms with van der Waals surface area (Å²) in [7, 11) is 2.11. The molecule has 1 N–H and O–H groups in total. The molecule has 0 saturated carbocycles. The van der Waals surface area contributed by atoms with Crippen molar-refractivity contribution < 1.29 is 5.11 Å². The van der Waals surface area contributed by atoms with Crippen LogP contribution in [0.15, 0.2) is 48.8 Å². The largest absolute Gasteiger partial charge is 0.387 e. The van der Waals surface area contributed by atoms with Gasteiger partial charge in [0.05, 0.1) is 6.10 Å². The van der Waals surface area contributed by atoms with Crippen LogP contribution in [0.3, 0.4) is 0 Å². The van der Waals surface area contributed by atoms with Crippen LogP contribution in [0.5, 0.6) is 0 Å². The molecule has 1 aromatic carbocycles. The van der Waals surface area contributed by atoms with Crippen molar-refractivity contribution in [1.82, 2.24) is 9.88 Å². The molecule has 2 unspecified atom stereocenters. The van der Waals surface area contributed by atoms with Crippen LogP contribution in [0.2, 0.25) is 0 Å². The summed E-state index contributed by atoms with van der Waals surface area (Å²) < 4.78 is 0. The maximum atomic E-state index is 10.6. The summed E-state index contributed by atoms with van der Waals surface area (Å²) in [6.07, 6.45) is 6.35. The molecule has 0 fully saturated rings. The zero-order chi connectivity index (χ0) is 14.7. The third-order valence-corrected chi connectivity index (χ3v) is 4.52. The summed E-state index contributed by atoms with van der Waals surface area (Å²) in [5, 5.41) is 10.6. The molecular formula is C18H22N2O. The first-order valence-corrected chi connectivity index (χ1v) is 7.60. The summed E-state index contributed by atoms with van der Waals surface area (Å²) >= 11 is 0. The molecule has 2 aromatic rings. The van der Waals surface area contributed by atoms with Crippen molar-refractivity contribution in [3.8, 4) is 0 Å². The molecule has 0 radical (unpaired) electrons. The highest BCUT2D eigenvalue weighted by Gasteiger charge is 2.30. The lowest BCUT2D eigenvalue weighted by Crippen LogP contribution is -2.40. The molecule has 110 valence electrons. The normalized spacial score (nSPS) is 21.3. The second kappa shape index (κ2) is 6.37. The van der Waals surface area contributed by atoms with Crippen LogP contribution in [-0.2, 0) is 12.8 Å². The van der Waals surface area contributed by atoms with Crippen molar-refractivity contribution in [2.24, 2.45) is 0 Å². The van der Waals surface area contributed by atoms with Gasteiger partial charge in [-0.25, -0.2) is 0 Å². The van der Waals surface area contributed by atoms with Gasteiger partial charge in [-0.2, -0.15) is 0 Å². The Hall–Kier alpha value is -1.71. The zero-order valence-electron chi connectivity index (χ0n) is 12.4. The molecule has 0 spiro atoms. The quantitative estimate of drug-likeness (QED) is 0.936. The van der Waals surface area contributed by atoms with E-state index in [2.05, 4.69) is 47.3 Å². The maximum absolute atomic E-state index is 10.6. The van der Waals surface area contributed by atoms with Gasteiger partial charge in [-0.05, 0) is 55.1 Å². The number of hydrogen-bond donors (Lipinski definition) is 1. The first kappa shape index (κ1) is 14.2. The van der Waals surface area contributed by atoms with Gasteiger partial charge in [-0.1, -0.05) is 24.3 Å². The van der Waals surface area contributed by atoms with E-state index in [4.69, 9.17) is 0 Å². The van der Waals surface area contributed by atoms with Crippen LogP contribution in [0, 0.1) is 0 Å². The number of nitrogens with zero attached hydrogens (tertiary/aromatic N) is 2. The van der Waals surface area contributed by atoms with Crippen LogP contribution in [-0.4, -0.2) is 34.6 Å². The van der Waals surface area contributed by atoms with Crippen LogP contribution in [0.25, 0.3) is 0 Å². The predicted molar refractivity (Wildman–Crippen MR) is 84.1 cm³/mol. The van der Waals surface area contributed by atoms with E-state index in [1.165, 1.54) is 11.1 Å². The summed E-state index contributed by atoms with van der Waals surface area (Å²) in [6.45, 7) is 0.952. The Morgan fingerprint density at radius 1 is 1.19 bits per heavy atom. The number of pyridine rings is 1. The van der Waals surface area contributed by atoms with Gasteiger partial charge >= 0.3 is 0 Å². The molecular weight excluding hydrogens is 260 g/mol. The lowest BCUT2D eigenvalue weighted by atomic mass is 9.85. The molecule has 0 bridgehead atoms.